The maximum Gasteiger partial charge on any atom is 0.230 e. The first-order valence-corrected chi connectivity index (χ1v) is 9.94. The van der Waals surface area contributed by atoms with Gasteiger partial charge < -0.3 is 19.9 Å². The molecule has 136 valence electrons. The summed E-state index contributed by atoms with van der Waals surface area (Å²) in [6.07, 6.45) is 3.63. The molecule has 0 aliphatic carbocycles. The van der Waals surface area contributed by atoms with Gasteiger partial charge in [0.25, 0.3) is 0 Å². The molecule has 3 saturated heterocycles. The van der Waals surface area contributed by atoms with Gasteiger partial charge in [0, 0.05) is 44.6 Å². The van der Waals surface area contributed by atoms with Crippen molar-refractivity contribution in [2.75, 3.05) is 44.2 Å². The molecule has 4 heterocycles. The molecule has 0 aromatic heterocycles. The zero-order chi connectivity index (χ0) is 17.6. The Labute approximate surface area is 151 Å². The maximum atomic E-state index is 13.1. The van der Waals surface area contributed by atoms with Crippen LogP contribution in [0.2, 0.25) is 0 Å². The van der Waals surface area contributed by atoms with E-state index in [0.717, 1.165) is 24.6 Å². The van der Waals surface area contributed by atoms with Crippen molar-refractivity contribution in [1.29, 1.82) is 0 Å². The number of fused-ring (bicyclic) bond motifs is 1. The molecule has 3 amide bonds. The van der Waals surface area contributed by atoms with E-state index in [0.29, 0.717) is 19.6 Å². The third kappa shape index (κ3) is 2.75. The Bertz CT molecular complexity index is 633. The van der Waals surface area contributed by atoms with Crippen LogP contribution in [0.3, 0.4) is 0 Å². The van der Waals surface area contributed by atoms with E-state index in [-0.39, 0.29) is 23.8 Å². The van der Waals surface area contributed by atoms with E-state index in [4.69, 9.17) is 4.74 Å². The summed E-state index contributed by atoms with van der Waals surface area (Å²) in [5.74, 6) is 0.977. The third-order valence-electron chi connectivity index (χ3n) is 5.54. The van der Waals surface area contributed by atoms with Crippen molar-refractivity contribution in [2.45, 2.75) is 18.6 Å². The predicted molar refractivity (Wildman–Crippen MR) is 92.9 cm³/mol. The van der Waals surface area contributed by atoms with Gasteiger partial charge in [0.2, 0.25) is 17.7 Å². The van der Waals surface area contributed by atoms with Gasteiger partial charge in [0.05, 0.1) is 24.5 Å². The number of hydrogen-bond acceptors (Lipinski definition) is 5. The fourth-order valence-electron chi connectivity index (χ4n) is 4.41. The molecule has 4 rings (SSSR count). The summed E-state index contributed by atoms with van der Waals surface area (Å²) in [5.41, 5.74) is -0.664. The molecule has 25 heavy (non-hydrogen) atoms. The number of thioether (sulfide) groups is 1. The summed E-state index contributed by atoms with van der Waals surface area (Å²) < 4.78 is 6.12. The standard InChI is InChI=1S/C17H23N3O4S/c1-11(21)18-4-5-20-10-17-3-2-12(24-17)13(14(17)16(20)23)15(22)19-6-8-25-9-7-19/h2-3,12-14H,4-10H2,1H3,(H,18,21)/t12-,13-,14+,17-/m0/s1. The second-order valence-corrected chi connectivity index (χ2v) is 8.31. The van der Waals surface area contributed by atoms with E-state index >= 15 is 0 Å². The molecule has 3 fully saturated rings. The Morgan fingerprint density at radius 2 is 2.16 bits per heavy atom. The Balaban J connectivity index is 1.50. The molecule has 8 heteroatoms. The zero-order valence-corrected chi connectivity index (χ0v) is 15.1. The smallest absolute Gasteiger partial charge is 0.230 e. The lowest BCUT2D eigenvalue weighted by Crippen LogP contribution is -2.48. The molecule has 7 nitrogen and oxygen atoms in total. The van der Waals surface area contributed by atoms with Gasteiger partial charge in [0.1, 0.15) is 5.60 Å². The van der Waals surface area contributed by atoms with E-state index in [2.05, 4.69) is 5.32 Å². The molecule has 4 aliphatic heterocycles. The van der Waals surface area contributed by atoms with Crippen LogP contribution < -0.4 is 5.32 Å². The van der Waals surface area contributed by atoms with E-state index in [9.17, 15) is 14.4 Å². The number of nitrogens with one attached hydrogen (secondary N) is 1. The number of ether oxygens (including phenoxy) is 1. The van der Waals surface area contributed by atoms with Gasteiger partial charge in [-0.25, -0.2) is 0 Å². The summed E-state index contributed by atoms with van der Waals surface area (Å²) in [6.45, 7) is 4.27. The van der Waals surface area contributed by atoms with Gasteiger partial charge in [0.15, 0.2) is 0 Å². The first kappa shape index (κ1) is 16.9. The summed E-state index contributed by atoms with van der Waals surface area (Å²) in [4.78, 5) is 40.7. The first-order valence-electron chi connectivity index (χ1n) is 8.79. The number of carbonyl (C=O) groups excluding carboxylic acids is 3. The van der Waals surface area contributed by atoms with Gasteiger partial charge in [-0.15, -0.1) is 0 Å². The number of likely N-dealkylation sites (tertiary alicyclic amines) is 1. The molecule has 4 atom stereocenters. The van der Waals surface area contributed by atoms with Crippen molar-refractivity contribution in [1.82, 2.24) is 15.1 Å². The average Bonchev–Trinajstić information content (AvgIpc) is 3.23. The van der Waals surface area contributed by atoms with Crippen LogP contribution in [0.25, 0.3) is 0 Å². The van der Waals surface area contributed by atoms with Crippen LogP contribution in [0.4, 0.5) is 0 Å². The van der Waals surface area contributed by atoms with Crippen LogP contribution in [0.1, 0.15) is 6.92 Å². The Hall–Kier alpha value is -1.54. The lowest BCUT2D eigenvalue weighted by Gasteiger charge is -2.32. The summed E-state index contributed by atoms with van der Waals surface area (Å²) >= 11 is 1.86. The van der Waals surface area contributed by atoms with Crippen molar-refractivity contribution < 1.29 is 19.1 Å². The minimum absolute atomic E-state index is 0.0260. The van der Waals surface area contributed by atoms with E-state index < -0.39 is 17.4 Å². The van der Waals surface area contributed by atoms with E-state index in [1.54, 1.807) is 4.90 Å². The topological polar surface area (TPSA) is 79.0 Å². The summed E-state index contributed by atoms with van der Waals surface area (Å²) in [5, 5.41) is 2.72. The van der Waals surface area contributed by atoms with Crippen LogP contribution in [-0.4, -0.2) is 83.5 Å². The lowest BCUT2D eigenvalue weighted by atomic mass is 9.76. The predicted octanol–water partition coefficient (Wildman–Crippen LogP) is -0.520. The van der Waals surface area contributed by atoms with Gasteiger partial charge >= 0.3 is 0 Å². The van der Waals surface area contributed by atoms with Gasteiger partial charge in [-0.3, -0.25) is 14.4 Å². The van der Waals surface area contributed by atoms with Crippen molar-refractivity contribution in [3.05, 3.63) is 12.2 Å². The summed E-state index contributed by atoms with van der Waals surface area (Å²) in [6, 6.07) is 0. The molecule has 0 aromatic rings. The van der Waals surface area contributed by atoms with Crippen molar-refractivity contribution in [3.63, 3.8) is 0 Å². The first-order chi connectivity index (χ1) is 12.0. The molecule has 2 bridgehead atoms. The Morgan fingerprint density at radius 3 is 2.88 bits per heavy atom. The quantitative estimate of drug-likeness (QED) is 0.679. The van der Waals surface area contributed by atoms with Crippen molar-refractivity contribution >= 4 is 29.5 Å². The molecular formula is C17H23N3O4S. The van der Waals surface area contributed by atoms with Crippen molar-refractivity contribution in [3.8, 4) is 0 Å². The van der Waals surface area contributed by atoms with Crippen molar-refractivity contribution in [2.24, 2.45) is 11.8 Å². The molecule has 0 radical (unpaired) electrons. The normalized spacial score (nSPS) is 36.0. The molecule has 1 N–H and O–H groups in total. The van der Waals surface area contributed by atoms with E-state index in [1.165, 1.54) is 6.92 Å². The van der Waals surface area contributed by atoms with Gasteiger partial charge in [-0.05, 0) is 0 Å². The molecule has 4 aliphatic rings. The number of carbonyl (C=O) groups is 3. The van der Waals surface area contributed by atoms with Crippen LogP contribution >= 0.6 is 11.8 Å². The fraction of sp³-hybridized carbons (Fsp3) is 0.706. The van der Waals surface area contributed by atoms with Crippen LogP contribution in [0.15, 0.2) is 12.2 Å². The highest BCUT2D eigenvalue weighted by atomic mass is 32.2. The number of rotatable bonds is 4. The lowest BCUT2D eigenvalue weighted by molar-refractivity contribution is -0.143. The minimum Gasteiger partial charge on any atom is -0.360 e. The fourth-order valence-corrected chi connectivity index (χ4v) is 5.31. The largest absolute Gasteiger partial charge is 0.360 e. The average molecular weight is 365 g/mol. The molecule has 0 aromatic carbocycles. The Morgan fingerprint density at radius 1 is 1.40 bits per heavy atom. The third-order valence-corrected chi connectivity index (χ3v) is 6.48. The number of nitrogens with zero attached hydrogens (tertiary/aromatic N) is 2. The molecule has 0 unspecified atom stereocenters. The maximum absolute atomic E-state index is 13.1. The second kappa shape index (κ2) is 6.32. The zero-order valence-electron chi connectivity index (χ0n) is 14.3. The SMILES string of the molecule is CC(=O)NCCN1C[C@]23C=C[C@H](O2)[C@H](C(=O)N2CCSCC2)[C@@H]3C1=O. The van der Waals surface area contributed by atoms with Gasteiger partial charge in [-0.2, -0.15) is 11.8 Å². The van der Waals surface area contributed by atoms with Gasteiger partial charge in [-0.1, -0.05) is 12.2 Å². The highest BCUT2D eigenvalue weighted by Gasteiger charge is 2.67. The highest BCUT2D eigenvalue weighted by molar-refractivity contribution is 7.99. The van der Waals surface area contributed by atoms with Crippen LogP contribution in [-0.2, 0) is 19.1 Å². The number of amides is 3. The minimum atomic E-state index is -0.664. The summed E-state index contributed by atoms with van der Waals surface area (Å²) in [7, 11) is 0. The Kier molecular flexibility index (Phi) is 4.27. The molecule has 0 saturated carbocycles. The number of hydrogen-bond donors (Lipinski definition) is 1. The highest BCUT2D eigenvalue weighted by Crippen LogP contribution is 2.52. The van der Waals surface area contributed by atoms with Crippen LogP contribution in [0, 0.1) is 11.8 Å². The second-order valence-electron chi connectivity index (χ2n) is 7.08. The molecular weight excluding hydrogens is 342 g/mol. The van der Waals surface area contributed by atoms with Crippen LogP contribution in [0.5, 0.6) is 0 Å². The molecule has 1 spiro atoms. The van der Waals surface area contributed by atoms with E-state index in [1.807, 2.05) is 28.8 Å². The monoisotopic (exact) mass is 365 g/mol.